The number of aromatic nitrogens is 1. The molecule has 0 aromatic carbocycles. The van der Waals surface area contributed by atoms with E-state index in [4.69, 9.17) is 10.5 Å². The first-order chi connectivity index (χ1) is 7.01. The largest absolute Gasteiger partial charge is 0.488 e. The zero-order valence-corrected chi connectivity index (χ0v) is 9.53. The molecule has 82 valence electrons. The molecule has 1 aromatic rings. The zero-order valence-electron chi connectivity index (χ0n) is 9.53. The van der Waals surface area contributed by atoms with Crippen LogP contribution in [0.1, 0.15) is 26.0 Å². The molecular formula is C12H18N2O. The molecule has 1 aliphatic carbocycles. The molecule has 2 unspecified atom stereocenters. The van der Waals surface area contributed by atoms with Crippen molar-refractivity contribution >= 4 is 0 Å². The van der Waals surface area contributed by atoms with Crippen LogP contribution in [0.5, 0.6) is 5.75 Å². The Labute approximate surface area is 90.7 Å². The van der Waals surface area contributed by atoms with Gasteiger partial charge in [-0.1, -0.05) is 13.8 Å². The lowest BCUT2D eigenvalue weighted by Crippen LogP contribution is -2.60. The summed E-state index contributed by atoms with van der Waals surface area (Å²) in [6, 6.07) is 4.11. The van der Waals surface area contributed by atoms with Crippen LogP contribution in [0.25, 0.3) is 0 Å². The minimum atomic E-state index is 0.0717. The Hall–Kier alpha value is -1.09. The van der Waals surface area contributed by atoms with E-state index >= 15 is 0 Å². The quantitative estimate of drug-likeness (QED) is 0.804. The summed E-state index contributed by atoms with van der Waals surface area (Å²) in [5.74, 6) is 0.877. The standard InChI is InChI=1S/C12H18N2O/c1-8-9(5-4-6-14-8)15-11-7-10(13)12(11,2)3/h4-6,10-11H,7,13H2,1-3H3. The Morgan fingerprint density at radius 2 is 2.27 bits per heavy atom. The summed E-state index contributed by atoms with van der Waals surface area (Å²) in [4.78, 5) is 4.20. The summed E-state index contributed by atoms with van der Waals surface area (Å²) >= 11 is 0. The number of hydrogen-bond acceptors (Lipinski definition) is 3. The number of aryl methyl sites for hydroxylation is 1. The second-order valence-electron chi connectivity index (χ2n) is 4.86. The number of pyridine rings is 1. The van der Waals surface area contributed by atoms with Crippen LogP contribution in [-0.2, 0) is 0 Å². The highest BCUT2D eigenvalue weighted by atomic mass is 16.5. The van der Waals surface area contributed by atoms with Gasteiger partial charge >= 0.3 is 0 Å². The molecule has 1 heterocycles. The van der Waals surface area contributed by atoms with E-state index in [0.29, 0.717) is 0 Å². The Balaban J connectivity index is 2.08. The molecule has 2 rings (SSSR count). The maximum absolute atomic E-state index is 5.94. The molecule has 15 heavy (non-hydrogen) atoms. The van der Waals surface area contributed by atoms with Gasteiger partial charge in [0.15, 0.2) is 0 Å². The summed E-state index contributed by atoms with van der Waals surface area (Å²) in [5.41, 5.74) is 6.95. The molecule has 1 aliphatic rings. The Kier molecular flexibility index (Phi) is 2.43. The summed E-state index contributed by atoms with van der Waals surface area (Å²) in [6.07, 6.45) is 2.93. The van der Waals surface area contributed by atoms with E-state index in [1.807, 2.05) is 19.1 Å². The molecular weight excluding hydrogens is 188 g/mol. The lowest BCUT2D eigenvalue weighted by Gasteiger charge is -2.49. The first kappa shape index (κ1) is 10.4. The zero-order chi connectivity index (χ0) is 11.1. The fourth-order valence-electron chi connectivity index (χ4n) is 1.86. The van der Waals surface area contributed by atoms with Crippen LogP contribution in [0.2, 0.25) is 0 Å². The Morgan fingerprint density at radius 3 is 2.80 bits per heavy atom. The van der Waals surface area contributed by atoms with Crippen LogP contribution in [0.3, 0.4) is 0 Å². The molecule has 0 saturated heterocycles. The molecule has 0 spiro atoms. The van der Waals surface area contributed by atoms with Crippen molar-refractivity contribution in [1.82, 2.24) is 4.98 Å². The minimum Gasteiger partial charge on any atom is -0.488 e. The van der Waals surface area contributed by atoms with Crippen molar-refractivity contribution in [3.05, 3.63) is 24.0 Å². The minimum absolute atomic E-state index is 0.0717. The normalized spacial score (nSPS) is 28.3. The van der Waals surface area contributed by atoms with Crippen molar-refractivity contribution in [2.24, 2.45) is 11.1 Å². The van der Waals surface area contributed by atoms with Gasteiger partial charge in [0.05, 0.1) is 5.69 Å². The molecule has 2 atom stereocenters. The van der Waals surface area contributed by atoms with Crippen molar-refractivity contribution in [1.29, 1.82) is 0 Å². The molecule has 3 heteroatoms. The smallest absolute Gasteiger partial charge is 0.140 e. The predicted octanol–water partition coefficient (Wildman–Crippen LogP) is 1.89. The highest BCUT2D eigenvalue weighted by Crippen LogP contribution is 2.41. The summed E-state index contributed by atoms with van der Waals surface area (Å²) in [6.45, 7) is 6.26. The molecule has 1 saturated carbocycles. The number of nitrogens with zero attached hydrogens (tertiary/aromatic N) is 1. The topological polar surface area (TPSA) is 48.1 Å². The van der Waals surface area contributed by atoms with E-state index in [1.54, 1.807) is 6.20 Å². The lowest BCUT2D eigenvalue weighted by molar-refractivity contribution is -0.0405. The number of rotatable bonds is 2. The Bertz CT molecular complexity index is 362. The molecule has 2 N–H and O–H groups in total. The van der Waals surface area contributed by atoms with Crippen molar-refractivity contribution in [3.63, 3.8) is 0 Å². The lowest BCUT2D eigenvalue weighted by atomic mass is 9.65. The van der Waals surface area contributed by atoms with Crippen LogP contribution in [0.15, 0.2) is 18.3 Å². The van der Waals surface area contributed by atoms with Crippen molar-refractivity contribution in [3.8, 4) is 5.75 Å². The number of nitrogens with two attached hydrogens (primary N) is 1. The van der Waals surface area contributed by atoms with Crippen LogP contribution < -0.4 is 10.5 Å². The fourth-order valence-corrected chi connectivity index (χ4v) is 1.86. The van der Waals surface area contributed by atoms with Gasteiger partial charge in [0.25, 0.3) is 0 Å². The molecule has 0 radical (unpaired) electrons. The van der Waals surface area contributed by atoms with E-state index in [1.165, 1.54) is 0 Å². The van der Waals surface area contributed by atoms with Gasteiger partial charge in [-0.15, -0.1) is 0 Å². The third-order valence-corrected chi connectivity index (χ3v) is 3.48. The first-order valence-electron chi connectivity index (χ1n) is 5.35. The van der Waals surface area contributed by atoms with Crippen molar-refractivity contribution in [2.45, 2.75) is 39.3 Å². The monoisotopic (exact) mass is 206 g/mol. The van der Waals surface area contributed by atoms with Gasteiger partial charge in [0.2, 0.25) is 0 Å². The molecule has 1 fully saturated rings. The fraction of sp³-hybridized carbons (Fsp3) is 0.583. The van der Waals surface area contributed by atoms with Crippen LogP contribution in [0, 0.1) is 12.3 Å². The van der Waals surface area contributed by atoms with Crippen LogP contribution in [-0.4, -0.2) is 17.1 Å². The van der Waals surface area contributed by atoms with Crippen LogP contribution >= 0.6 is 0 Å². The van der Waals surface area contributed by atoms with E-state index in [2.05, 4.69) is 18.8 Å². The number of ether oxygens (including phenoxy) is 1. The van der Waals surface area contributed by atoms with Gasteiger partial charge in [0, 0.05) is 24.1 Å². The maximum atomic E-state index is 5.94. The third kappa shape index (κ3) is 1.72. The van der Waals surface area contributed by atoms with Crippen molar-refractivity contribution < 1.29 is 4.74 Å². The second kappa shape index (κ2) is 3.49. The van der Waals surface area contributed by atoms with E-state index in [-0.39, 0.29) is 17.6 Å². The first-order valence-corrected chi connectivity index (χ1v) is 5.35. The van der Waals surface area contributed by atoms with E-state index in [0.717, 1.165) is 17.9 Å². The Morgan fingerprint density at radius 1 is 1.53 bits per heavy atom. The van der Waals surface area contributed by atoms with Gasteiger partial charge in [-0.3, -0.25) is 4.98 Å². The van der Waals surface area contributed by atoms with Gasteiger partial charge < -0.3 is 10.5 Å². The van der Waals surface area contributed by atoms with Crippen LogP contribution in [0.4, 0.5) is 0 Å². The van der Waals surface area contributed by atoms with E-state index in [9.17, 15) is 0 Å². The van der Waals surface area contributed by atoms with E-state index < -0.39 is 0 Å². The number of hydrogen-bond donors (Lipinski definition) is 1. The molecule has 0 amide bonds. The van der Waals surface area contributed by atoms with Gasteiger partial charge in [-0.05, 0) is 19.1 Å². The average Bonchev–Trinajstić information content (AvgIpc) is 2.20. The predicted molar refractivity (Wildman–Crippen MR) is 59.8 cm³/mol. The summed E-state index contributed by atoms with van der Waals surface area (Å²) in [5, 5.41) is 0. The maximum Gasteiger partial charge on any atom is 0.140 e. The SMILES string of the molecule is Cc1ncccc1OC1CC(N)C1(C)C. The second-order valence-corrected chi connectivity index (χ2v) is 4.86. The molecule has 0 aliphatic heterocycles. The summed E-state index contributed by atoms with van der Waals surface area (Å²) < 4.78 is 5.92. The summed E-state index contributed by atoms with van der Waals surface area (Å²) in [7, 11) is 0. The average molecular weight is 206 g/mol. The van der Waals surface area contributed by atoms with Gasteiger partial charge in [0.1, 0.15) is 11.9 Å². The molecule has 3 nitrogen and oxygen atoms in total. The molecule has 0 bridgehead atoms. The highest BCUT2D eigenvalue weighted by Gasteiger charge is 2.48. The van der Waals surface area contributed by atoms with Gasteiger partial charge in [-0.25, -0.2) is 0 Å². The third-order valence-electron chi connectivity index (χ3n) is 3.48. The van der Waals surface area contributed by atoms with Gasteiger partial charge in [-0.2, -0.15) is 0 Å². The van der Waals surface area contributed by atoms with Crippen molar-refractivity contribution in [2.75, 3.05) is 0 Å². The molecule has 1 aromatic heterocycles. The highest BCUT2D eigenvalue weighted by molar-refractivity contribution is 5.26.